The maximum Gasteiger partial charge on any atom is 0.332 e. The third kappa shape index (κ3) is 7.43. The number of aliphatic hydroxyl groups is 2. The quantitative estimate of drug-likeness (QED) is 0.0888. The molecule has 0 aromatic carbocycles. The second-order valence-corrected chi connectivity index (χ2v) is 18.1. The topological polar surface area (TPSA) is 160 Å². The Morgan fingerprint density at radius 3 is 2.53 bits per heavy atom. The van der Waals surface area contributed by atoms with Crippen LogP contribution in [0.15, 0.2) is 28.0 Å². The average molecular weight is 762 g/mol. The SMILES string of the molecule is C=C[C@]1(C)C[C@@H](OC(=O)CS[C@@H]2CC[C@@H](I=NCOC(=O)/C=C\C(=O)O)C[C@H]2O)[C@]2(C)C(C)CC[C@]3(CCC(=O)[C@H]32)[C@@H](C)[C@@H]1O. The number of esters is 2. The fraction of sp³-hybridized carbons (Fsp3) is 0.758. The van der Waals surface area contributed by atoms with Gasteiger partial charge in [-0.3, -0.25) is 9.59 Å². The monoisotopic (exact) mass is 761 g/mol. The predicted octanol–water partition coefficient (Wildman–Crippen LogP) is 5.20. The molecule has 12 heteroatoms. The molecule has 3 N–H and O–H groups in total. The van der Waals surface area contributed by atoms with E-state index >= 15 is 0 Å². The lowest BCUT2D eigenvalue weighted by atomic mass is 9.44. The Morgan fingerprint density at radius 1 is 1.13 bits per heavy atom. The third-order valence-corrected chi connectivity index (χ3v) is 15.5. The van der Waals surface area contributed by atoms with Crippen LogP contribution in [0.4, 0.5) is 0 Å². The number of rotatable bonds is 10. The molecule has 4 saturated carbocycles. The second-order valence-electron chi connectivity index (χ2n) is 13.9. The summed E-state index contributed by atoms with van der Waals surface area (Å²) in [5, 5.41) is 31.0. The third-order valence-electron chi connectivity index (χ3n) is 11.5. The van der Waals surface area contributed by atoms with Crippen LogP contribution in [-0.2, 0) is 28.7 Å². The lowest BCUT2D eigenvalue weighted by molar-refractivity contribution is -0.205. The van der Waals surface area contributed by atoms with E-state index in [0.717, 1.165) is 38.2 Å². The molecule has 4 fully saturated rings. The Balaban J connectivity index is 1.38. The Morgan fingerprint density at radius 2 is 1.87 bits per heavy atom. The number of carboxylic acid groups (broad SMARTS) is 1. The molecule has 252 valence electrons. The van der Waals surface area contributed by atoms with Gasteiger partial charge in [0.1, 0.15) is 11.9 Å². The maximum atomic E-state index is 13.6. The predicted molar refractivity (Wildman–Crippen MR) is 179 cm³/mol. The number of ketones is 1. The smallest absolute Gasteiger partial charge is 0.332 e. The van der Waals surface area contributed by atoms with Crippen molar-refractivity contribution >= 4 is 56.5 Å². The number of aliphatic carboxylic acids is 1. The first kappa shape index (κ1) is 36.2. The van der Waals surface area contributed by atoms with Gasteiger partial charge in [0.25, 0.3) is 0 Å². The minimum absolute atomic E-state index is 0.0834. The zero-order valence-electron chi connectivity index (χ0n) is 26.7. The van der Waals surface area contributed by atoms with Crippen LogP contribution < -0.4 is 0 Å². The molecule has 1 unspecified atom stereocenters. The number of nitrogens with zero attached hydrogens (tertiary/aromatic N) is 1. The molecule has 0 aromatic rings. The number of carboxylic acids is 1. The molecule has 0 saturated heterocycles. The van der Waals surface area contributed by atoms with Gasteiger partial charge in [0.05, 0.1) is 18.0 Å². The number of halogens is 1. The molecule has 2 bridgehead atoms. The van der Waals surface area contributed by atoms with Gasteiger partial charge in [-0.15, -0.1) is 18.3 Å². The van der Waals surface area contributed by atoms with Crippen LogP contribution >= 0.6 is 32.8 Å². The van der Waals surface area contributed by atoms with Gasteiger partial charge in [0, 0.05) is 44.5 Å². The lowest BCUT2D eigenvalue weighted by Gasteiger charge is -2.61. The summed E-state index contributed by atoms with van der Waals surface area (Å²) in [5.74, 6) is -2.25. The number of hydrogen-bond donors (Lipinski definition) is 3. The van der Waals surface area contributed by atoms with E-state index in [1.54, 1.807) is 6.08 Å². The molecule has 10 nitrogen and oxygen atoms in total. The zero-order valence-corrected chi connectivity index (χ0v) is 29.6. The average Bonchev–Trinajstić information content (AvgIpc) is 3.36. The molecule has 4 aliphatic rings. The first-order valence-corrected chi connectivity index (χ1v) is 19.1. The van der Waals surface area contributed by atoms with Gasteiger partial charge in [-0.2, -0.15) is 0 Å². The first-order valence-electron chi connectivity index (χ1n) is 15.9. The lowest BCUT2D eigenvalue weighted by Crippen LogP contribution is -2.63. The summed E-state index contributed by atoms with van der Waals surface area (Å²) >= 11 is 0.707. The highest BCUT2D eigenvalue weighted by Gasteiger charge is 2.68. The number of carbonyl (C=O) groups excluding carboxylic acids is 3. The van der Waals surface area contributed by atoms with E-state index in [4.69, 9.17) is 14.6 Å². The van der Waals surface area contributed by atoms with E-state index < -0.39 is 62.1 Å². The zero-order chi connectivity index (χ0) is 33.2. The van der Waals surface area contributed by atoms with Crippen molar-refractivity contribution in [2.24, 2.45) is 37.1 Å². The normalized spacial score (nSPS) is 41.9. The van der Waals surface area contributed by atoms with Crippen molar-refractivity contribution in [3.05, 3.63) is 24.8 Å². The highest BCUT2D eigenvalue weighted by molar-refractivity contribution is 14.2. The Bertz CT molecular complexity index is 1230. The fourth-order valence-corrected chi connectivity index (χ4v) is 11.9. The molecule has 4 rings (SSSR count). The second kappa shape index (κ2) is 14.6. The summed E-state index contributed by atoms with van der Waals surface area (Å²) in [4.78, 5) is 49.0. The standard InChI is InChI=1S/C33H48INO9S/c1-6-31(4)16-25(32(5)19(2)11-13-33(20(3)30(31)42)14-12-22(36)29(32)33)44-28(41)17-45-24-8-7-21(15-23(24)37)34-35-18-43-27(40)10-9-26(38)39/h6,9-10,19-21,23-25,29-30,37,42H,1,7-8,11-18H2,2-5H3,(H,38,39)/b10-9-/t19?,20-,21+,23+,24+,25+,29-,30-,31+,32-,33-/m0/s1. The molecule has 0 heterocycles. The summed E-state index contributed by atoms with van der Waals surface area (Å²) in [6, 6.07) is 0. The van der Waals surface area contributed by atoms with Crippen molar-refractivity contribution in [1.29, 1.82) is 0 Å². The summed E-state index contributed by atoms with van der Waals surface area (Å²) in [7, 11) is 0. The summed E-state index contributed by atoms with van der Waals surface area (Å²) in [5.41, 5.74) is -1.56. The van der Waals surface area contributed by atoms with E-state index in [1.807, 2.05) is 6.92 Å². The van der Waals surface area contributed by atoms with Crippen LogP contribution in [0.5, 0.6) is 0 Å². The molecule has 0 spiro atoms. The summed E-state index contributed by atoms with van der Waals surface area (Å²) in [6.07, 6.45) is 7.02. The van der Waals surface area contributed by atoms with E-state index in [-0.39, 0.29) is 56.6 Å². The summed E-state index contributed by atoms with van der Waals surface area (Å²) in [6.45, 7) is 12.3. The van der Waals surface area contributed by atoms with E-state index in [9.17, 15) is 29.4 Å². The van der Waals surface area contributed by atoms with Crippen molar-refractivity contribution in [2.75, 3.05) is 12.5 Å². The van der Waals surface area contributed by atoms with Gasteiger partial charge < -0.3 is 24.8 Å². The van der Waals surface area contributed by atoms with Crippen molar-refractivity contribution in [3.63, 3.8) is 0 Å². The number of alkyl halides is 1. The van der Waals surface area contributed by atoms with Crippen LogP contribution in [0.25, 0.3) is 0 Å². The Labute approximate surface area is 280 Å². The van der Waals surface area contributed by atoms with Crippen LogP contribution in [0, 0.1) is 34.0 Å². The minimum atomic E-state index is -1.23. The van der Waals surface area contributed by atoms with E-state index in [0.29, 0.717) is 25.3 Å². The Kier molecular flexibility index (Phi) is 11.8. The highest BCUT2D eigenvalue weighted by Crippen LogP contribution is 2.68. The Hall–Kier alpha value is -1.64. The molecular weight excluding hydrogens is 713 g/mol. The fourth-order valence-electron chi connectivity index (χ4n) is 8.62. The van der Waals surface area contributed by atoms with Crippen molar-refractivity contribution < 1.29 is 44.0 Å². The molecule has 11 atom stereocenters. The number of ether oxygens (including phenoxy) is 2. The van der Waals surface area contributed by atoms with Crippen molar-refractivity contribution in [3.8, 4) is 0 Å². The van der Waals surface area contributed by atoms with Gasteiger partial charge in [0.15, 0.2) is 6.73 Å². The number of hydrogen-bond acceptors (Lipinski definition) is 10. The molecular formula is C33H48INO9S. The minimum Gasteiger partial charge on any atom is -0.478 e. The number of carbonyl (C=O) groups is 4. The van der Waals surface area contributed by atoms with E-state index in [2.05, 4.69) is 30.5 Å². The van der Waals surface area contributed by atoms with Crippen LogP contribution in [0.2, 0.25) is 0 Å². The van der Waals surface area contributed by atoms with Gasteiger partial charge in [0.2, 0.25) is 0 Å². The van der Waals surface area contributed by atoms with Crippen LogP contribution in [0.1, 0.15) is 79.1 Å². The van der Waals surface area contributed by atoms with Gasteiger partial charge in [-0.1, -0.05) is 33.8 Å². The number of thioether (sulfide) groups is 1. The molecule has 0 radical (unpaired) electrons. The number of Topliss-reactive ketones (excluding diaryl/α,β-unsaturated/α-hetero) is 1. The molecule has 0 aliphatic heterocycles. The van der Waals surface area contributed by atoms with Crippen molar-refractivity contribution in [2.45, 2.75) is 107 Å². The van der Waals surface area contributed by atoms with E-state index in [1.165, 1.54) is 11.8 Å². The van der Waals surface area contributed by atoms with Gasteiger partial charge >= 0.3 is 17.9 Å². The van der Waals surface area contributed by atoms with Gasteiger partial charge in [-0.05, 0) is 83.2 Å². The number of aliphatic hydroxyl groups excluding tert-OH is 2. The van der Waals surface area contributed by atoms with Crippen LogP contribution in [0.3, 0.4) is 0 Å². The van der Waals surface area contributed by atoms with Gasteiger partial charge in [-0.25, -0.2) is 12.7 Å². The summed E-state index contributed by atoms with van der Waals surface area (Å²) < 4.78 is 15.8. The van der Waals surface area contributed by atoms with Crippen molar-refractivity contribution in [1.82, 2.24) is 0 Å². The first-order chi connectivity index (χ1) is 21.2. The highest BCUT2D eigenvalue weighted by atomic mass is 127. The molecule has 0 aromatic heterocycles. The molecule has 4 aliphatic carbocycles. The largest absolute Gasteiger partial charge is 0.478 e. The molecule has 45 heavy (non-hydrogen) atoms. The van der Waals surface area contributed by atoms with Crippen LogP contribution in [-0.4, -0.2) is 79.0 Å². The maximum absolute atomic E-state index is 13.6. The molecule has 0 amide bonds.